The van der Waals surface area contributed by atoms with Crippen molar-refractivity contribution in [3.8, 4) is 17.6 Å². The maximum atomic E-state index is 9.59. The Kier molecular flexibility index (Phi) is 3.36. The second kappa shape index (κ2) is 5.55. The zero-order chi connectivity index (χ0) is 16.7. The van der Waals surface area contributed by atoms with Crippen LogP contribution >= 0.6 is 0 Å². The first-order valence-electron chi connectivity index (χ1n) is 7.71. The van der Waals surface area contributed by atoms with Gasteiger partial charge in [0, 0.05) is 5.56 Å². The zero-order valence-electron chi connectivity index (χ0n) is 13.1. The molecule has 0 aliphatic carbocycles. The molecule has 3 atom stereocenters. The van der Waals surface area contributed by atoms with Gasteiger partial charge in [0.15, 0.2) is 6.23 Å². The molecule has 120 valence electrons. The highest BCUT2D eigenvalue weighted by atomic mass is 16.5. The van der Waals surface area contributed by atoms with Gasteiger partial charge in [-0.15, -0.1) is 0 Å². The molecule has 1 aliphatic rings. The number of aromatic nitrogens is 2. The van der Waals surface area contributed by atoms with Crippen LogP contribution in [-0.2, 0) is 0 Å². The number of benzene rings is 1. The van der Waals surface area contributed by atoms with E-state index in [9.17, 15) is 5.26 Å². The number of para-hydroxylation sites is 1. The average Bonchev–Trinajstić information content (AvgIpc) is 3.23. The molecule has 2 aromatic heterocycles. The normalized spacial score (nSPS) is 22.5. The predicted molar refractivity (Wildman–Crippen MR) is 86.6 cm³/mol. The van der Waals surface area contributed by atoms with Crippen LogP contribution in [0.4, 0.5) is 0 Å². The highest BCUT2D eigenvalue weighted by Crippen LogP contribution is 2.45. The van der Waals surface area contributed by atoms with Crippen LogP contribution in [0.15, 0.2) is 53.1 Å². The van der Waals surface area contributed by atoms with Crippen molar-refractivity contribution in [1.29, 1.82) is 5.26 Å². The number of nitrogens with two attached hydrogens (primary N) is 1. The van der Waals surface area contributed by atoms with Crippen LogP contribution in [0.25, 0.3) is 5.69 Å². The summed E-state index contributed by atoms with van der Waals surface area (Å²) in [6, 6.07) is 15.6. The van der Waals surface area contributed by atoms with Gasteiger partial charge in [0.1, 0.15) is 11.7 Å². The molecule has 0 radical (unpaired) electrons. The van der Waals surface area contributed by atoms with Crippen molar-refractivity contribution in [2.24, 2.45) is 11.7 Å². The van der Waals surface area contributed by atoms with Gasteiger partial charge < -0.3 is 9.15 Å². The molecule has 0 amide bonds. The Morgan fingerprint density at radius 1 is 1.21 bits per heavy atom. The van der Waals surface area contributed by atoms with Crippen LogP contribution in [0.2, 0.25) is 0 Å². The fourth-order valence-electron chi connectivity index (χ4n) is 3.24. The lowest BCUT2D eigenvalue weighted by atomic mass is 9.82. The Morgan fingerprint density at radius 3 is 2.67 bits per heavy atom. The van der Waals surface area contributed by atoms with Crippen LogP contribution in [0.3, 0.4) is 0 Å². The lowest BCUT2D eigenvalue weighted by Crippen LogP contribution is -2.42. The predicted octanol–water partition coefficient (Wildman–Crippen LogP) is 2.72. The summed E-state index contributed by atoms with van der Waals surface area (Å²) in [5.74, 6) is 0.411. The second-order valence-electron chi connectivity index (χ2n) is 5.78. The fraction of sp³-hybridized carbons (Fsp3) is 0.222. The van der Waals surface area contributed by atoms with Crippen molar-refractivity contribution in [3.63, 3.8) is 0 Å². The quantitative estimate of drug-likeness (QED) is 0.784. The van der Waals surface area contributed by atoms with Crippen molar-refractivity contribution in [2.45, 2.75) is 19.1 Å². The average molecular weight is 320 g/mol. The smallest absolute Gasteiger partial charge is 0.222 e. The molecule has 0 fully saturated rings. The molecule has 1 aliphatic heterocycles. The molecular weight excluding hydrogens is 304 g/mol. The van der Waals surface area contributed by atoms with Crippen LogP contribution < -0.4 is 10.5 Å². The van der Waals surface area contributed by atoms with Crippen molar-refractivity contribution < 1.29 is 9.15 Å². The number of furan rings is 1. The highest BCUT2D eigenvalue weighted by molar-refractivity contribution is 5.48. The van der Waals surface area contributed by atoms with Gasteiger partial charge >= 0.3 is 0 Å². The van der Waals surface area contributed by atoms with E-state index < -0.39 is 12.1 Å². The molecule has 2 N–H and O–H groups in total. The fourth-order valence-corrected chi connectivity index (χ4v) is 3.24. The summed E-state index contributed by atoms with van der Waals surface area (Å²) in [6.45, 7) is 1.91. The minimum atomic E-state index is -0.754. The molecule has 6 heteroatoms. The van der Waals surface area contributed by atoms with Crippen LogP contribution in [0.5, 0.6) is 5.88 Å². The summed E-state index contributed by atoms with van der Waals surface area (Å²) in [5.41, 5.74) is 8.65. The minimum Gasteiger partial charge on any atom is -0.469 e. The third kappa shape index (κ3) is 2.10. The third-order valence-electron chi connectivity index (χ3n) is 4.33. The standard InChI is InChI=1S/C18H16N4O2/c1-11-15-16(14-8-5-9-23-14)13(10-19)17(20)24-18(15)22(21-11)12-6-3-2-4-7-12/h2-9,13,16-17H,20H2,1H3. The van der Waals surface area contributed by atoms with Gasteiger partial charge in [-0.2, -0.15) is 10.4 Å². The highest BCUT2D eigenvalue weighted by Gasteiger charge is 2.43. The molecular formula is C18H16N4O2. The number of nitrogens with zero attached hydrogens (tertiary/aromatic N) is 3. The first kappa shape index (κ1) is 14.5. The van der Waals surface area contributed by atoms with Gasteiger partial charge in [-0.05, 0) is 31.2 Å². The number of rotatable bonds is 2. The monoisotopic (exact) mass is 320 g/mol. The van der Waals surface area contributed by atoms with Crippen molar-refractivity contribution in [2.75, 3.05) is 0 Å². The van der Waals surface area contributed by atoms with Crippen LogP contribution in [0.1, 0.15) is 22.9 Å². The number of nitriles is 1. The number of hydrogen-bond acceptors (Lipinski definition) is 5. The van der Waals surface area contributed by atoms with Gasteiger partial charge in [0.2, 0.25) is 5.88 Å². The summed E-state index contributed by atoms with van der Waals surface area (Å²) in [7, 11) is 0. The van der Waals surface area contributed by atoms with E-state index in [4.69, 9.17) is 14.9 Å². The van der Waals surface area contributed by atoms with Gasteiger partial charge in [0.25, 0.3) is 0 Å². The molecule has 4 rings (SSSR count). The molecule has 0 bridgehead atoms. The van der Waals surface area contributed by atoms with Gasteiger partial charge in [-0.1, -0.05) is 18.2 Å². The van der Waals surface area contributed by atoms with Crippen molar-refractivity contribution in [3.05, 3.63) is 65.7 Å². The maximum Gasteiger partial charge on any atom is 0.222 e. The summed E-state index contributed by atoms with van der Waals surface area (Å²) < 4.78 is 13.2. The van der Waals surface area contributed by atoms with Crippen molar-refractivity contribution >= 4 is 0 Å². The van der Waals surface area contributed by atoms with E-state index in [0.29, 0.717) is 11.6 Å². The zero-order valence-corrected chi connectivity index (χ0v) is 13.1. The van der Waals surface area contributed by atoms with E-state index in [1.807, 2.05) is 43.3 Å². The molecule has 6 nitrogen and oxygen atoms in total. The molecule has 0 saturated carbocycles. The first-order valence-corrected chi connectivity index (χ1v) is 7.71. The SMILES string of the molecule is Cc1nn(-c2ccccc2)c2c1C(c1ccco1)C(C#N)C(N)O2. The lowest BCUT2D eigenvalue weighted by Gasteiger charge is -2.31. The molecule has 3 aromatic rings. The van der Waals surface area contributed by atoms with Crippen LogP contribution in [-0.4, -0.2) is 16.0 Å². The molecule has 24 heavy (non-hydrogen) atoms. The van der Waals surface area contributed by atoms with E-state index in [1.54, 1.807) is 17.0 Å². The maximum absolute atomic E-state index is 9.59. The Bertz CT molecular complexity index is 893. The van der Waals surface area contributed by atoms with E-state index in [0.717, 1.165) is 16.9 Å². The van der Waals surface area contributed by atoms with Gasteiger partial charge in [-0.25, -0.2) is 4.68 Å². The molecule has 0 spiro atoms. The molecule has 1 aromatic carbocycles. The summed E-state index contributed by atoms with van der Waals surface area (Å²) in [6.07, 6.45) is 0.845. The van der Waals surface area contributed by atoms with Gasteiger partial charge in [0.05, 0.1) is 29.6 Å². The first-order chi connectivity index (χ1) is 11.7. The third-order valence-corrected chi connectivity index (χ3v) is 4.33. The van der Waals surface area contributed by atoms with E-state index in [2.05, 4.69) is 11.2 Å². The number of aryl methyl sites for hydroxylation is 1. The topological polar surface area (TPSA) is 90.0 Å². The number of fused-ring (bicyclic) bond motifs is 1. The lowest BCUT2D eigenvalue weighted by molar-refractivity contribution is 0.120. The minimum absolute atomic E-state index is 0.304. The van der Waals surface area contributed by atoms with Crippen LogP contribution in [0, 0.1) is 24.2 Å². The summed E-state index contributed by atoms with van der Waals surface area (Å²) in [5, 5.41) is 14.2. The Hall–Kier alpha value is -3.04. The molecule has 0 saturated heterocycles. The number of hydrogen-bond donors (Lipinski definition) is 1. The summed E-state index contributed by atoms with van der Waals surface area (Å²) in [4.78, 5) is 0. The van der Waals surface area contributed by atoms with E-state index in [1.165, 1.54) is 0 Å². The Morgan fingerprint density at radius 2 is 2.00 bits per heavy atom. The van der Waals surface area contributed by atoms with E-state index in [-0.39, 0.29) is 5.92 Å². The molecule has 3 heterocycles. The van der Waals surface area contributed by atoms with Crippen molar-refractivity contribution in [1.82, 2.24) is 9.78 Å². The Balaban J connectivity index is 1.93. The number of ether oxygens (including phenoxy) is 1. The van der Waals surface area contributed by atoms with E-state index >= 15 is 0 Å². The second-order valence-corrected chi connectivity index (χ2v) is 5.78. The Labute approximate surface area is 139 Å². The molecule has 3 unspecified atom stereocenters. The van der Waals surface area contributed by atoms with Gasteiger partial charge in [-0.3, -0.25) is 5.73 Å². The summed E-state index contributed by atoms with van der Waals surface area (Å²) >= 11 is 0. The largest absolute Gasteiger partial charge is 0.469 e.